The number of carboxylic acid groups (broad SMARTS) is 2. The molecule has 40 heavy (non-hydrogen) atoms. The highest BCUT2D eigenvalue weighted by Crippen LogP contribution is 2.67. The summed E-state index contributed by atoms with van der Waals surface area (Å²) >= 11 is 0. The van der Waals surface area contributed by atoms with Crippen molar-refractivity contribution in [3.05, 3.63) is 11.6 Å². The zero-order valence-corrected chi connectivity index (χ0v) is 25.4. The van der Waals surface area contributed by atoms with Crippen LogP contribution >= 0.6 is 0 Å². The number of alkyl carbamates (subject to hydrolysis) is 1. The summed E-state index contributed by atoms with van der Waals surface area (Å²) in [7, 11) is 0. The predicted octanol–water partition coefficient (Wildman–Crippen LogP) is 7.44. The summed E-state index contributed by atoms with van der Waals surface area (Å²) in [6, 6.07) is -1.27. The average Bonchev–Trinajstić information content (AvgIpc) is 3.23. The number of hydrogen-bond donors (Lipinski definition) is 3. The molecule has 7 nitrogen and oxygen atoms in total. The number of carboxylic acids is 2. The molecule has 0 aromatic carbocycles. The van der Waals surface area contributed by atoms with E-state index in [0.29, 0.717) is 17.8 Å². The summed E-state index contributed by atoms with van der Waals surface area (Å²) in [6.45, 7) is 12.3. The molecule has 0 heterocycles. The largest absolute Gasteiger partial charge is 0.481 e. The van der Waals surface area contributed by atoms with Crippen molar-refractivity contribution in [2.75, 3.05) is 0 Å². The number of amides is 1. The minimum Gasteiger partial charge on any atom is -0.481 e. The molecule has 1 amide bonds. The molecule has 9 atom stereocenters. The lowest BCUT2D eigenvalue weighted by Gasteiger charge is -2.58. The lowest BCUT2D eigenvalue weighted by Crippen LogP contribution is -2.51. The molecular formula is C33H53NO6. The molecule has 3 saturated carbocycles. The highest BCUT2D eigenvalue weighted by atomic mass is 16.6. The molecule has 226 valence electrons. The van der Waals surface area contributed by atoms with Gasteiger partial charge in [0.05, 0.1) is 0 Å². The summed E-state index contributed by atoms with van der Waals surface area (Å²) < 4.78 is 5.68. The van der Waals surface area contributed by atoms with E-state index >= 15 is 0 Å². The van der Waals surface area contributed by atoms with Crippen LogP contribution in [0.5, 0.6) is 0 Å². The van der Waals surface area contributed by atoms with Gasteiger partial charge in [-0.2, -0.15) is 0 Å². The first-order chi connectivity index (χ1) is 18.8. The van der Waals surface area contributed by atoms with Gasteiger partial charge in [-0.05, 0) is 97.7 Å². The zero-order valence-electron chi connectivity index (χ0n) is 25.4. The quantitative estimate of drug-likeness (QED) is 0.227. The van der Waals surface area contributed by atoms with E-state index in [2.05, 4.69) is 46.0 Å². The Morgan fingerprint density at radius 3 is 2.42 bits per heavy atom. The fourth-order valence-electron chi connectivity index (χ4n) is 9.61. The smallest absolute Gasteiger partial charge is 0.408 e. The number of carbonyl (C=O) groups excluding carboxylic acids is 1. The highest BCUT2D eigenvalue weighted by Gasteiger charge is 2.59. The van der Waals surface area contributed by atoms with Crippen molar-refractivity contribution < 1.29 is 29.3 Å². The maximum absolute atomic E-state index is 12.5. The molecule has 4 aliphatic carbocycles. The molecule has 0 radical (unpaired) electrons. The van der Waals surface area contributed by atoms with Crippen LogP contribution in [0.15, 0.2) is 11.6 Å². The second-order valence-corrected chi connectivity index (χ2v) is 14.5. The van der Waals surface area contributed by atoms with E-state index in [1.165, 1.54) is 50.5 Å². The van der Waals surface area contributed by atoms with Crippen LogP contribution in [0.1, 0.15) is 118 Å². The Bertz CT molecular complexity index is 976. The summed E-state index contributed by atoms with van der Waals surface area (Å²) in [5.41, 5.74) is 2.02. The van der Waals surface area contributed by atoms with Crippen molar-refractivity contribution in [1.29, 1.82) is 0 Å². The topological polar surface area (TPSA) is 113 Å². The molecule has 4 rings (SSSR count). The molecule has 7 heteroatoms. The fourth-order valence-corrected chi connectivity index (χ4v) is 9.61. The molecule has 3 fully saturated rings. The molecule has 3 N–H and O–H groups in total. The Labute approximate surface area is 240 Å². The van der Waals surface area contributed by atoms with Gasteiger partial charge in [-0.25, -0.2) is 9.59 Å². The average molecular weight is 560 g/mol. The molecule has 4 aliphatic rings. The number of rotatable bonds is 11. The summed E-state index contributed by atoms with van der Waals surface area (Å²) in [4.78, 5) is 34.8. The Morgan fingerprint density at radius 2 is 1.75 bits per heavy atom. The van der Waals surface area contributed by atoms with Crippen molar-refractivity contribution in [3.63, 3.8) is 0 Å². The number of ether oxygens (including phenoxy) is 1. The summed E-state index contributed by atoms with van der Waals surface area (Å²) in [6.07, 6.45) is 13.9. The Morgan fingerprint density at radius 1 is 1.00 bits per heavy atom. The molecule has 0 saturated heterocycles. The molecule has 0 aliphatic heterocycles. The normalized spacial score (nSPS) is 36.5. The van der Waals surface area contributed by atoms with E-state index < -0.39 is 24.1 Å². The summed E-state index contributed by atoms with van der Waals surface area (Å²) in [5.74, 6) is 2.32. The lowest BCUT2D eigenvalue weighted by atomic mass is 9.47. The second-order valence-electron chi connectivity index (χ2n) is 14.5. The van der Waals surface area contributed by atoms with Crippen molar-refractivity contribution in [2.24, 2.45) is 46.3 Å². The van der Waals surface area contributed by atoms with Crippen LogP contribution in [0.3, 0.4) is 0 Å². The fraction of sp³-hybridized carbons (Fsp3) is 0.848. The maximum atomic E-state index is 12.5. The molecule has 0 bridgehead atoms. The minimum atomic E-state index is -1.27. The summed E-state index contributed by atoms with van der Waals surface area (Å²) in [5, 5.41) is 20.6. The maximum Gasteiger partial charge on any atom is 0.408 e. The van der Waals surface area contributed by atoms with E-state index in [-0.39, 0.29) is 24.4 Å². The Kier molecular flexibility index (Phi) is 9.61. The van der Waals surface area contributed by atoms with Crippen LogP contribution in [0, 0.1) is 46.3 Å². The first-order valence-corrected chi connectivity index (χ1v) is 16.0. The van der Waals surface area contributed by atoms with Gasteiger partial charge in [-0.1, -0.05) is 65.5 Å². The molecule has 0 aromatic heterocycles. The standard InChI is InChI=1S/C33H53NO6/c1-20(2)7-6-8-21(3)25-11-12-26-24-10-9-22-19-23(15-17-32(22,4)27(24)16-18-33(25,26)5)40-31(39)34-28(30(37)38)13-14-29(35)36/h9,20-21,23-28H,6-8,10-19H2,1-5H3,(H,34,39)(H,35,36)(H,37,38)/t21-,23+,24+,25-,26+,27+,28+,32+,33-/m1/s1. The predicted molar refractivity (Wildman–Crippen MR) is 155 cm³/mol. The monoisotopic (exact) mass is 559 g/mol. The van der Waals surface area contributed by atoms with Gasteiger partial charge in [-0.3, -0.25) is 4.79 Å². The number of aliphatic carboxylic acids is 2. The molecule has 0 aromatic rings. The van der Waals surface area contributed by atoms with E-state index in [9.17, 15) is 19.5 Å². The minimum absolute atomic E-state index is 0.145. The van der Waals surface area contributed by atoms with Gasteiger partial charge in [0.25, 0.3) is 0 Å². The van der Waals surface area contributed by atoms with Crippen LogP contribution in [0.4, 0.5) is 4.79 Å². The second kappa shape index (κ2) is 12.4. The van der Waals surface area contributed by atoms with Gasteiger partial charge in [-0.15, -0.1) is 0 Å². The highest BCUT2D eigenvalue weighted by molar-refractivity contribution is 5.80. The van der Waals surface area contributed by atoms with Gasteiger partial charge >= 0.3 is 18.0 Å². The van der Waals surface area contributed by atoms with E-state index in [1.54, 1.807) is 0 Å². The van der Waals surface area contributed by atoms with E-state index in [0.717, 1.165) is 48.9 Å². The van der Waals surface area contributed by atoms with Gasteiger partial charge < -0.3 is 20.3 Å². The van der Waals surface area contributed by atoms with Gasteiger partial charge in [0.2, 0.25) is 0 Å². The number of hydrogen-bond acceptors (Lipinski definition) is 4. The molecule has 0 spiro atoms. The third-order valence-electron chi connectivity index (χ3n) is 11.8. The number of fused-ring (bicyclic) bond motifs is 5. The number of allylic oxidation sites excluding steroid dienone is 1. The number of nitrogens with one attached hydrogen (secondary N) is 1. The van der Waals surface area contributed by atoms with Crippen LogP contribution in [-0.2, 0) is 14.3 Å². The third kappa shape index (κ3) is 6.38. The Hall–Kier alpha value is -2.05. The van der Waals surface area contributed by atoms with Crippen molar-refractivity contribution in [1.82, 2.24) is 5.32 Å². The van der Waals surface area contributed by atoms with Crippen LogP contribution in [0.2, 0.25) is 0 Å². The van der Waals surface area contributed by atoms with Gasteiger partial charge in [0.15, 0.2) is 0 Å². The third-order valence-corrected chi connectivity index (χ3v) is 11.8. The zero-order chi connectivity index (χ0) is 29.2. The first-order valence-electron chi connectivity index (χ1n) is 16.0. The first kappa shape index (κ1) is 30.9. The van der Waals surface area contributed by atoms with Crippen LogP contribution < -0.4 is 5.32 Å². The molecule has 0 unspecified atom stereocenters. The van der Waals surface area contributed by atoms with Crippen LogP contribution in [-0.4, -0.2) is 40.4 Å². The van der Waals surface area contributed by atoms with Crippen LogP contribution in [0.25, 0.3) is 0 Å². The molecular weight excluding hydrogens is 506 g/mol. The van der Waals surface area contributed by atoms with Crippen molar-refractivity contribution in [3.8, 4) is 0 Å². The van der Waals surface area contributed by atoms with Crippen molar-refractivity contribution >= 4 is 18.0 Å². The number of carbonyl (C=O) groups is 3. The SMILES string of the molecule is CC(C)CCC[C@@H](C)[C@H]1CC[C@H]2[C@@H]3CC=C4C[C@@H](OC(=O)N[C@@H](CCC(=O)O)C(=O)O)CC[C@]4(C)[C@H]3CC[C@]12C. The van der Waals surface area contributed by atoms with Gasteiger partial charge in [0, 0.05) is 12.8 Å². The van der Waals surface area contributed by atoms with E-state index in [4.69, 9.17) is 9.84 Å². The van der Waals surface area contributed by atoms with Gasteiger partial charge in [0.1, 0.15) is 12.1 Å². The van der Waals surface area contributed by atoms with E-state index in [1.807, 2.05) is 0 Å². The van der Waals surface area contributed by atoms with Crippen molar-refractivity contribution in [2.45, 2.75) is 130 Å². The lowest BCUT2D eigenvalue weighted by molar-refractivity contribution is -0.140. The Balaban J connectivity index is 1.37.